The summed E-state index contributed by atoms with van der Waals surface area (Å²) in [7, 11) is 2.15. The highest BCUT2D eigenvalue weighted by atomic mass is 16.5. The van der Waals surface area contributed by atoms with Crippen LogP contribution < -0.4 is 15.5 Å². The van der Waals surface area contributed by atoms with E-state index in [9.17, 15) is 4.79 Å². The second-order valence-electron chi connectivity index (χ2n) is 9.99. The van der Waals surface area contributed by atoms with E-state index in [1.165, 1.54) is 0 Å². The molecule has 2 N–H and O–H groups in total. The second kappa shape index (κ2) is 12.3. The van der Waals surface area contributed by atoms with Crippen LogP contribution in [0.1, 0.15) is 25.5 Å². The number of hydrogen-bond donors (Lipinski definition) is 2. The molecule has 3 aromatic rings. The number of benzene rings is 2. The minimum atomic E-state index is -0.295. The summed E-state index contributed by atoms with van der Waals surface area (Å²) in [5.41, 5.74) is 3.17. The number of rotatable bonds is 7. The van der Waals surface area contributed by atoms with E-state index in [-0.39, 0.29) is 18.2 Å². The molecule has 2 aromatic carbocycles. The van der Waals surface area contributed by atoms with Crippen LogP contribution in [0.25, 0.3) is 11.4 Å². The standard InChI is InChI=1S/C29H36N6O3/c1-21-19-37-17-16-35(21)27-18-25(20-38-26-12-14-34(2)15-13-26)30-28(33-27)22-8-10-24(11-9-22)32-29(36)31-23-6-4-3-5-7-23/h3-11,18,21,26H,12-17,19-20H2,1-2H3,(H2,31,32,36)/t21-/m0/s1. The molecule has 2 amide bonds. The van der Waals surface area contributed by atoms with Crippen LogP contribution in [0, 0.1) is 0 Å². The molecule has 0 aliphatic carbocycles. The summed E-state index contributed by atoms with van der Waals surface area (Å²) >= 11 is 0. The molecule has 2 saturated heterocycles. The van der Waals surface area contributed by atoms with Gasteiger partial charge in [0, 0.05) is 42.6 Å². The molecule has 2 fully saturated rings. The highest BCUT2D eigenvalue weighted by molar-refractivity contribution is 5.99. The summed E-state index contributed by atoms with van der Waals surface area (Å²) in [6.07, 6.45) is 2.32. The normalized spacial score (nSPS) is 18.8. The second-order valence-corrected chi connectivity index (χ2v) is 9.99. The van der Waals surface area contributed by atoms with Crippen molar-refractivity contribution in [3.05, 3.63) is 66.4 Å². The molecule has 0 spiro atoms. The van der Waals surface area contributed by atoms with Gasteiger partial charge in [0.1, 0.15) is 5.82 Å². The summed E-state index contributed by atoms with van der Waals surface area (Å²) in [5, 5.41) is 5.70. The number of urea groups is 1. The molecule has 0 radical (unpaired) electrons. The lowest BCUT2D eigenvalue weighted by Crippen LogP contribution is -2.44. The largest absolute Gasteiger partial charge is 0.377 e. The molecule has 1 atom stereocenters. The van der Waals surface area contributed by atoms with Crippen molar-refractivity contribution in [3.8, 4) is 11.4 Å². The zero-order chi connectivity index (χ0) is 26.3. The lowest BCUT2D eigenvalue weighted by Gasteiger charge is -2.34. The Kier molecular flexibility index (Phi) is 8.47. The Balaban J connectivity index is 1.32. The van der Waals surface area contributed by atoms with Crippen molar-refractivity contribution in [1.82, 2.24) is 14.9 Å². The SMILES string of the molecule is C[C@H]1COCCN1c1cc(COC2CCN(C)CC2)nc(-c2ccc(NC(=O)Nc3ccccc3)cc2)n1. The first-order valence-corrected chi connectivity index (χ1v) is 13.3. The van der Waals surface area contributed by atoms with Crippen LogP contribution >= 0.6 is 0 Å². The minimum absolute atomic E-state index is 0.226. The fourth-order valence-corrected chi connectivity index (χ4v) is 4.77. The quantitative estimate of drug-likeness (QED) is 0.473. The Morgan fingerprint density at radius 3 is 2.42 bits per heavy atom. The maximum atomic E-state index is 12.4. The van der Waals surface area contributed by atoms with Crippen LogP contribution in [0.3, 0.4) is 0 Å². The van der Waals surface area contributed by atoms with Crippen LogP contribution in [-0.2, 0) is 16.1 Å². The number of nitrogens with one attached hydrogen (secondary N) is 2. The van der Waals surface area contributed by atoms with Gasteiger partial charge in [-0.25, -0.2) is 14.8 Å². The van der Waals surface area contributed by atoms with Crippen LogP contribution in [0.2, 0.25) is 0 Å². The van der Waals surface area contributed by atoms with Gasteiger partial charge in [-0.3, -0.25) is 0 Å². The number of piperidine rings is 1. The van der Waals surface area contributed by atoms with Crippen LogP contribution in [-0.4, -0.2) is 72.9 Å². The van der Waals surface area contributed by atoms with E-state index < -0.39 is 0 Å². The number of aromatic nitrogens is 2. The predicted octanol–water partition coefficient (Wildman–Crippen LogP) is 4.62. The van der Waals surface area contributed by atoms with Crippen molar-refractivity contribution in [3.63, 3.8) is 0 Å². The number of ether oxygens (including phenoxy) is 2. The fourth-order valence-electron chi connectivity index (χ4n) is 4.77. The van der Waals surface area contributed by atoms with Gasteiger partial charge >= 0.3 is 6.03 Å². The van der Waals surface area contributed by atoms with Crippen molar-refractivity contribution in [2.24, 2.45) is 0 Å². The van der Waals surface area contributed by atoms with Gasteiger partial charge in [0.05, 0.1) is 37.7 Å². The lowest BCUT2D eigenvalue weighted by molar-refractivity contribution is 0.000750. The van der Waals surface area contributed by atoms with Crippen molar-refractivity contribution in [2.75, 3.05) is 55.4 Å². The van der Waals surface area contributed by atoms with E-state index in [0.717, 1.165) is 55.2 Å². The number of carbonyl (C=O) groups excluding carboxylic acids is 1. The van der Waals surface area contributed by atoms with Gasteiger partial charge in [-0.2, -0.15) is 0 Å². The Morgan fingerprint density at radius 2 is 1.71 bits per heavy atom. The molecule has 5 rings (SSSR count). The molecule has 0 bridgehead atoms. The molecule has 2 aliphatic heterocycles. The molecule has 9 heteroatoms. The van der Waals surface area contributed by atoms with E-state index in [4.69, 9.17) is 19.4 Å². The Hall–Kier alpha value is -3.53. The van der Waals surface area contributed by atoms with Crippen molar-refractivity contribution in [2.45, 2.75) is 38.5 Å². The Bertz CT molecular complexity index is 1200. The highest BCUT2D eigenvalue weighted by Gasteiger charge is 2.23. The first-order valence-electron chi connectivity index (χ1n) is 13.3. The first-order chi connectivity index (χ1) is 18.5. The molecule has 3 heterocycles. The van der Waals surface area contributed by atoms with Gasteiger partial charge < -0.3 is 29.9 Å². The number of para-hydroxylation sites is 1. The topological polar surface area (TPSA) is 91.9 Å². The number of likely N-dealkylation sites (tertiary alicyclic amines) is 1. The molecule has 38 heavy (non-hydrogen) atoms. The van der Waals surface area contributed by atoms with E-state index in [0.29, 0.717) is 31.3 Å². The Morgan fingerprint density at radius 1 is 1.00 bits per heavy atom. The molecule has 0 unspecified atom stereocenters. The third kappa shape index (κ3) is 6.86. The summed E-state index contributed by atoms with van der Waals surface area (Å²) in [6, 6.07) is 18.9. The smallest absolute Gasteiger partial charge is 0.323 e. The summed E-state index contributed by atoms with van der Waals surface area (Å²) in [5.74, 6) is 1.53. The molecule has 2 aliphatic rings. The van der Waals surface area contributed by atoms with Gasteiger partial charge in [-0.15, -0.1) is 0 Å². The molecule has 200 valence electrons. The average molecular weight is 517 g/mol. The van der Waals surface area contributed by atoms with Crippen molar-refractivity contribution >= 4 is 23.2 Å². The maximum absolute atomic E-state index is 12.4. The van der Waals surface area contributed by atoms with Crippen molar-refractivity contribution in [1.29, 1.82) is 0 Å². The van der Waals surface area contributed by atoms with E-state index in [1.807, 2.05) is 60.7 Å². The number of anilines is 3. The maximum Gasteiger partial charge on any atom is 0.323 e. The highest BCUT2D eigenvalue weighted by Crippen LogP contribution is 2.25. The molecule has 1 aromatic heterocycles. The molecule has 9 nitrogen and oxygen atoms in total. The predicted molar refractivity (Wildman–Crippen MR) is 149 cm³/mol. The number of morpholine rings is 1. The van der Waals surface area contributed by atoms with Gasteiger partial charge in [-0.1, -0.05) is 18.2 Å². The number of carbonyl (C=O) groups is 1. The number of hydrogen-bond acceptors (Lipinski definition) is 7. The molecular weight excluding hydrogens is 480 g/mol. The molecular formula is C29H36N6O3. The van der Waals surface area contributed by atoms with Crippen LogP contribution in [0.15, 0.2) is 60.7 Å². The van der Waals surface area contributed by atoms with Gasteiger partial charge in [0.15, 0.2) is 5.82 Å². The summed E-state index contributed by atoms with van der Waals surface area (Å²) < 4.78 is 11.9. The summed E-state index contributed by atoms with van der Waals surface area (Å²) in [4.78, 5) is 26.8. The molecule has 0 saturated carbocycles. The zero-order valence-electron chi connectivity index (χ0n) is 22.1. The van der Waals surface area contributed by atoms with Gasteiger partial charge in [0.25, 0.3) is 0 Å². The van der Waals surface area contributed by atoms with E-state index in [2.05, 4.69) is 34.4 Å². The summed E-state index contributed by atoms with van der Waals surface area (Å²) in [6.45, 7) is 6.85. The zero-order valence-corrected chi connectivity index (χ0v) is 22.1. The average Bonchev–Trinajstić information content (AvgIpc) is 2.94. The van der Waals surface area contributed by atoms with Gasteiger partial charge in [0.2, 0.25) is 0 Å². The van der Waals surface area contributed by atoms with Crippen LogP contribution in [0.5, 0.6) is 0 Å². The van der Waals surface area contributed by atoms with Gasteiger partial charge in [-0.05, 0) is 63.2 Å². The van der Waals surface area contributed by atoms with Crippen molar-refractivity contribution < 1.29 is 14.3 Å². The Labute approximate surface area is 224 Å². The number of nitrogens with zero attached hydrogens (tertiary/aromatic N) is 4. The van der Waals surface area contributed by atoms with E-state index >= 15 is 0 Å². The monoisotopic (exact) mass is 516 g/mol. The number of amides is 2. The third-order valence-electron chi connectivity index (χ3n) is 6.99. The lowest BCUT2D eigenvalue weighted by atomic mass is 10.1. The van der Waals surface area contributed by atoms with E-state index in [1.54, 1.807) is 0 Å². The minimum Gasteiger partial charge on any atom is -0.377 e. The third-order valence-corrected chi connectivity index (χ3v) is 6.99. The van der Waals surface area contributed by atoms with Crippen LogP contribution in [0.4, 0.5) is 22.0 Å². The first kappa shape index (κ1) is 26.1. The fraction of sp³-hybridized carbons (Fsp3) is 0.414.